The van der Waals surface area contributed by atoms with Gasteiger partial charge in [-0.2, -0.15) is 4.31 Å². The van der Waals surface area contributed by atoms with Crippen LogP contribution in [0.25, 0.3) is 0 Å². The van der Waals surface area contributed by atoms with E-state index in [0.717, 1.165) is 6.42 Å². The molecule has 0 bridgehead atoms. The van der Waals surface area contributed by atoms with Crippen molar-refractivity contribution in [2.24, 2.45) is 0 Å². The van der Waals surface area contributed by atoms with Crippen LogP contribution in [0.4, 0.5) is 0 Å². The first-order valence-electron chi connectivity index (χ1n) is 6.86. The predicted molar refractivity (Wildman–Crippen MR) is 80.1 cm³/mol. The second kappa shape index (κ2) is 7.02. The Kier molecular flexibility index (Phi) is 5.34. The smallest absolute Gasteiger partial charge is 0.214 e. The lowest BCUT2D eigenvalue weighted by atomic mass is 10.1. The molecule has 0 saturated carbocycles. The maximum Gasteiger partial charge on any atom is 0.214 e. The zero-order chi connectivity index (χ0) is 14.4. The van der Waals surface area contributed by atoms with E-state index in [1.54, 1.807) is 10.4 Å². The van der Waals surface area contributed by atoms with Gasteiger partial charge in [-0.25, -0.2) is 8.42 Å². The van der Waals surface area contributed by atoms with E-state index in [1.165, 1.54) is 5.56 Å². The molecule has 0 spiro atoms. The minimum atomic E-state index is -3.19. The molecule has 1 atom stereocenters. The van der Waals surface area contributed by atoms with Crippen LogP contribution < -0.4 is 0 Å². The largest absolute Gasteiger partial charge is 0.375 e. The molecule has 20 heavy (non-hydrogen) atoms. The normalized spacial score (nSPS) is 20.7. The fourth-order valence-electron chi connectivity index (χ4n) is 2.31. The van der Waals surface area contributed by atoms with E-state index >= 15 is 0 Å². The Hall–Kier alpha value is -1.17. The Morgan fingerprint density at radius 3 is 2.80 bits per heavy atom. The number of benzene rings is 1. The summed E-state index contributed by atoms with van der Waals surface area (Å²) in [7, 11) is -3.19. The number of nitrogens with zero attached hydrogens (tertiary/aromatic N) is 1. The highest BCUT2D eigenvalue weighted by atomic mass is 32.2. The molecule has 1 fully saturated rings. The Bertz CT molecular complexity index is 527. The first kappa shape index (κ1) is 15.2. The standard InChI is InChI=1S/C15H21NO3S/c1-2-3-11-20(17,18)16-9-10-19-15(13-16)12-14-7-5-4-6-8-14/h2,4-8,15H,1,3,9-13H2/t15-/m0/s1. The third-order valence-corrected chi connectivity index (χ3v) is 5.25. The first-order chi connectivity index (χ1) is 9.62. The van der Waals surface area contributed by atoms with Crippen molar-refractivity contribution in [2.75, 3.05) is 25.4 Å². The molecule has 2 rings (SSSR count). The number of ether oxygens (including phenoxy) is 1. The van der Waals surface area contributed by atoms with Crippen molar-refractivity contribution in [3.63, 3.8) is 0 Å². The average molecular weight is 295 g/mol. The van der Waals surface area contributed by atoms with Gasteiger partial charge in [-0.15, -0.1) is 6.58 Å². The zero-order valence-corrected chi connectivity index (χ0v) is 12.4. The van der Waals surface area contributed by atoms with Gasteiger partial charge in [0, 0.05) is 13.1 Å². The summed E-state index contributed by atoms with van der Waals surface area (Å²) in [5.74, 6) is 0.133. The number of hydrogen-bond donors (Lipinski definition) is 0. The number of sulfonamides is 1. The maximum atomic E-state index is 12.2. The van der Waals surface area contributed by atoms with Gasteiger partial charge in [-0.1, -0.05) is 36.4 Å². The van der Waals surface area contributed by atoms with Gasteiger partial charge in [0.05, 0.1) is 18.5 Å². The summed E-state index contributed by atoms with van der Waals surface area (Å²) in [5, 5.41) is 0. The van der Waals surface area contributed by atoms with Crippen LogP contribution in [0, 0.1) is 0 Å². The molecule has 0 aromatic heterocycles. The highest BCUT2D eigenvalue weighted by Gasteiger charge is 2.28. The third kappa shape index (κ3) is 4.16. The molecule has 0 radical (unpaired) electrons. The van der Waals surface area contributed by atoms with Gasteiger partial charge in [0.25, 0.3) is 0 Å². The van der Waals surface area contributed by atoms with Crippen molar-refractivity contribution in [3.05, 3.63) is 48.6 Å². The molecule has 0 amide bonds. The van der Waals surface area contributed by atoms with E-state index in [9.17, 15) is 8.42 Å². The fourth-order valence-corrected chi connectivity index (χ4v) is 3.78. The molecule has 5 heteroatoms. The summed E-state index contributed by atoms with van der Waals surface area (Å²) >= 11 is 0. The van der Waals surface area contributed by atoms with Crippen LogP contribution in [-0.2, 0) is 21.2 Å². The summed E-state index contributed by atoms with van der Waals surface area (Å²) in [4.78, 5) is 0. The highest BCUT2D eigenvalue weighted by molar-refractivity contribution is 7.89. The molecule has 1 aromatic carbocycles. The maximum absolute atomic E-state index is 12.2. The molecule has 1 saturated heterocycles. The molecule has 0 N–H and O–H groups in total. The van der Waals surface area contributed by atoms with Crippen LogP contribution in [0.5, 0.6) is 0 Å². The van der Waals surface area contributed by atoms with Crippen molar-refractivity contribution in [1.29, 1.82) is 0 Å². The topological polar surface area (TPSA) is 46.6 Å². The van der Waals surface area contributed by atoms with Gasteiger partial charge in [0.15, 0.2) is 0 Å². The lowest BCUT2D eigenvalue weighted by Gasteiger charge is -2.32. The van der Waals surface area contributed by atoms with E-state index in [1.807, 2.05) is 30.3 Å². The molecule has 1 aliphatic heterocycles. The number of morpholine rings is 1. The van der Waals surface area contributed by atoms with E-state index < -0.39 is 10.0 Å². The zero-order valence-electron chi connectivity index (χ0n) is 11.6. The molecule has 0 aliphatic carbocycles. The molecule has 1 heterocycles. The summed E-state index contributed by atoms with van der Waals surface area (Å²) < 4.78 is 31.6. The van der Waals surface area contributed by atoms with Gasteiger partial charge in [-0.3, -0.25) is 0 Å². The molecule has 1 aliphatic rings. The number of allylic oxidation sites excluding steroid dienone is 1. The first-order valence-corrected chi connectivity index (χ1v) is 8.47. The van der Waals surface area contributed by atoms with Crippen LogP contribution in [0.3, 0.4) is 0 Å². The van der Waals surface area contributed by atoms with Crippen LogP contribution in [-0.4, -0.2) is 44.3 Å². The second-order valence-corrected chi connectivity index (χ2v) is 7.02. The van der Waals surface area contributed by atoms with E-state index in [4.69, 9.17) is 4.74 Å². The van der Waals surface area contributed by atoms with Crippen molar-refractivity contribution < 1.29 is 13.2 Å². The number of hydrogen-bond acceptors (Lipinski definition) is 3. The van der Waals surface area contributed by atoms with Gasteiger partial charge in [0.1, 0.15) is 0 Å². The summed E-state index contributed by atoms with van der Waals surface area (Å²) in [6.45, 7) is 4.92. The second-order valence-electron chi connectivity index (χ2n) is 4.93. The fraction of sp³-hybridized carbons (Fsp3) is 0.467. The number of rotatable bonds is 6. The Labute approximate surface area is 121 Å². The SMILES string of the molecule is C=CCCS(=O)(=O)N1CCO[C@@H](Cc2ccccc2)C1. The Balaban J connectivity index is 1.96. The molecule has 1 aromatic rings. The van der Waals surface area contributed by atoms with Crippen LogP contribution in [0.2, 0.25) is 0 Å². The van der Waals surface area contributed by atoms with E-state index in [-0.39, 0.29) is 11.9 Å². The molecule has 110 valence electrons. The Morgan fingerprint density at radius 2 is 2.10 bits per heavy atom. The van der Waals surface area contributed by atoms with Gasteiger partial charge < -0.3 is 4.74 Å². The molecular weight excluding hydrogens is 274 g/mol. The van der Waals surface area contributed by atoms with Gasteiger partial charge >= 0.3 is 0 Å². The molecule has 0 unspecified atom stereocenters. The quantitative estimate of drug-likeness (QED) is 0.752. The highest BCUT2D eigenvalue weighted by Crippen LogP contribution is 2.15. The van der Waals surface area contributed by atoms with Crippen molar-refractivity contribution in [1.82, 2.24) is 4.31 Å². The van der Waals surface area contributed by atoms with Crippen LogP contribution in [0.15, 0.2) is 43.0 Å². The minimum Gasteiger partial charge on any atom is -0.375 e. The van der Waals surface area contributed by atoms with Crippen molar-refractivity contribution >= 4 is 10.0 Å². The van der Waals surface area contributed by atoms with Crippen LogP contribution >= 0.6 is 0 Å². The summed E-state index contributed by atoms with van der Waals surface area (Å²) in [5.41, 5.74) is 1.17. The van der Waals surface area contributed by atoms with Crippen LogP contribution in [0.1, 0.15) is 12.0 Å². The predicted octanol–water partition coefficient (Wildman–Crippen LogP) is 1.84. The Morgan fingerprint density at radius 1 is 1.35 bits per heavy atom. The summed E-state index contributed by atoms with van der Waals surface area (Å²) in [6.07, 6.45) is 2.81. The third-order valence-electron chi connectivity index (χ3n) is 3.38. The lowest BCUT2D eigenvalue weighted by Crippen LogP contribution is -2.47. The van der Waals surface area contributed by atoms with Crippen molar-refractivity contribution in [2.45, 2.75) is 18.9 Å². The average Bonchev–Trinajstić information content (AvgIpc) is 2.47. The van der Waals surface area contributed by atoms with E-state index in [2.05, 4.69) is 6.58 Å². The van der Waals surface area contributed by atoms with E-state index in [0.29, 0.717) is 26.1 Å². The van der Waals surface area contributed by atoms with Gasteiger partial charge in [-0.05, 0) is 18.4 Å². The monoisotopic (exact) mass is 295 g/mol. The summed E-state index contributed by atoms with van der Waals surface area (Å²) in [6, 6.07) is 10.0. The minimum absolute atomic E-state index is 0.0651. The van der Waals surface area contributed by atoms with Gasteiger partial charge in [0.2, 0.25) is 10.0 Å². The lowest BCUT2D eigenvalue weighted by molar-refractivity contribution is -0.000468. The molecule has 4 nitrogen and oxygen atoms in total. The van der Waals surface area contributed by atoms with Crippen molar-refractivity contribution in [3.8, 4) is 0 Å². The molecular formula is C15H21NO3S.